The third-order valence-corrected chi connectivity index (χ3v) is 6.87. The quantitative estimate of drug-likeness (QED) is 0.594. The fourth-order valence-electron chi connectivity index (χ4n) is 4.58. The Hall–Kier alpha value is -2.58. The van der Waals surface area contributed by atoms with E-state index in [1.54, 1.807) is 23.1 Å². The standard InChI is InChI=1S/C25H33ClN4O4/c1-3-4-21-16-22(27-34-21)25(32)30-10-9-23(33-20-7-5-19(26)6-8-20)18(17-30)15-24(31)29-13-11-28(2)12-14-29/h5-8,16,18,23H,3-4,9-15,17H2,1-2H3/t18-,23-/m0/s1. The Bertz CT molecular complexity index is 972. The second-order valence-corrected chi connectivity index (χ2v) is 9.66. The van der Waals surface area contributed by atoms with Crippen molar-refractivity contribution in [1.82, 2.24) is 19.9 Å². The molecule has 2 aliphatic heterocycles. The molecule has 1 aromatic carbocycles. The topological polar surface area (TPSA) is 79.1 Å². The molecule has 2 fully saturated rings. The van der Waals surface area contributed by atoms with Crippen molar-refractivity contribution in [1.29, 1.82) is 0 Å². The Kier molecular flexibility index (Phi) is 8.11. The zero-order valence-electron chi connectivity index (χ0n) is 19.9. The summed E-state index contributed by atoms with van der Waals surface area (Å²) in [5.74, 6) is 1.26. The van der Waals surface area contributed by atoms with Crippen LogP contribution in [0, 0.1) is 5.92 Å². The zero-order valence-corrected chi connectivity index (χ0v) is 20.7. The van der Waals surface area contributed by atoms with E-state index in [0.29, 0.717) is 48.2 Å². The molecule has 1 aromatic heterocycles. The molecule has 34 heavy (non-hydrogen) atoms. The summed E-state index contributed by atoms with van der Waals surface area (Å²) in [5, 5.41) is 4.62. The van der Waals surface area contributed by atoms with Crippen LogP contribution in [0.5, 0.6) is 5.75 Å². The molecule has 184 valence electrons. The van der Waals surface area contributed by atoms with E-state index in [2.05, 4.69) is 24.0 Å². The summed E-state index contributed by atoms with van der Waals surface area (Å²) in [5.41, 5.74) is 0.324. The van der Waals surface area contributed by atoms with Crippen molar-refractivity contribution < 1.29 is 18.8 Å². The van der Waals surface area contributed by atoms with Gasteiger partial charge in [-0.15, -0.1) is 0 Å². The van der Waals surface area contributed by atoms with Crippen LogP contribution in [0.1, 0.15) is 42.4 Å². The summed E-state index contributed by atoms with van der Waals surface area (Å²) >= 11 is 6.01. The van der Waals surface area contributed by atoms with Gasteiger partial charge in [-0.1, -0.05) is 23.7 Å². The minimum Gasteiger partial charge on any atom is -0.490 e. The van der Waals surface area contributed by atoms with Crippen molar-refractivity contribution in [2.24, 2.45) is 5.92 Å². The van der Waals surface area contributed by atoms with Gasteiger partial charge >= 0.3 is 0 Å². The molecule has 0 unspecified atom stereocenters. The van der Waals surface area contributed by atoms with Crippen LogP contribution in [0.3, 0.4) is 0 Å². The van der Waals surface area contributed by atoms with Gasteiger partial charge in [0.2, 0.25) is 5.91 Å². The van der Waals surface area contributed by atoms with Crippen molar-refractivity contribution >= 4 is 23.4 Å². The van der Waals surface area contributed by atoms with Gasteiger partial charge in [-0.25, -0.2) is 0 Å². The zero-order chi connectivity index (χ0) is 24.1. The monoisotopic (exact) mass is 488 g/mol. The molecule has 3 heterocycles. The Morgan fingerprint density at radius 3 is 2.56 bits per heavy atom. The van der Waals surface area contributed by atoms with Gasteiger partial charge in [0, 0.05) is 75.5 Å². The number of amides is 2. The molecule has 0 spiro atoms. The molecule has 0 aliphatic carbocycles. The van der Waals surface area contributed by atoms with Crippen LogP contribution < -0.4 is 4.74 Å². The minimum atomic E-state index is -0.172. The minimum absolute atomic E-state index is 0.115. The molecule has 2 aromatic rings. The van der Waals surface area contributed by atoms with Crippen molar-refractivity contribution in [2.75, 3.05) is 46.3 Å². The third kappa shape index (κ3) is 6.10. The number of likely N-dealkylation sites (tertiary alicyclic amines) is 1. The molecular weight excluding hydrogens is 456 g/mol. The highest BCUT2D eigenvalue weighted by molar-refractivity contribution is 6.30. The molecule has 8 nitrogen and oxygen atoms in total. The number of aryl methyl sites for hydroxylation is 1. The number of benzene rings is 1. The van der Waals surface area contributed by atoms with E-state index in [4.69, 9.17) is 20.9 Å². The first-order valence-electron chi connectivity index (χ1n) is 12.1. The summed E-state index contributed by atoms with van der Waals surface area (Å²) in [6.07, 6.45) is 2.47. The number of piperazine rings is 1. The summed E-state index contributed by atoms with van der Waals surface area (Å²) in [6.45, 7) is 6.23. The maximum atomic E-state index is 13.1. The van der Waals surface area contributed by atoms with Crippen LogP contribution in [0.4, 0.5) is 0 Å². The van der Waals surface area contributed by atoms with Gasteiger partial charge < -0.3 is 24.0 Å². The van der Waals surface area contributed by atoms with Crippen LogP contribution >= 0.6 is 11.6 Å². The van der Waals surface area contributed by atoms with Crippen LogP contribution in [-0.2, 0) is 11.2 Å². The molecule has 4 rings (SSSR count). The summed E-state index contributed by atoms with van der Waals surface area (Å²) in [4.78, 5) is 32.2. The van der Waals surface area contributed by atoms with Gasteiger partial charge in [-0.2, -0.15) is 0 Å². The first kappa shape index (κ1) is 24.5. The normalized spacial score (nSPS) is 21.5. The van der Waals surface area contributed by atoms with Crippen molar-refractivity contribution in [3.05, 3.63) is 46.8 Å². The lowest BCUT2D eigenvalue weighted by Crippen LogP contribution is -2.51. The first-order chi connectivity index (χ1) is 16.4. The number of hydrogen-bond donors (Lipinski definition) is 0. The van der Waals surface area contributed by atoms with Gasteiger partial charge in [0.1, 0.15) is 17.6 Å². The molecule has 0 radical (unpaired) electrons. The van der Waals surface area contributed by atoms with E-state index in [-0.39, 0.29) is 23.8 Å². The number of piperidine rings is 1. The van der Waals surface area contributed by atoms with Gasteiger partial charge in [0.05, 0.1) is 0 Å². The lowest BCUT2D eigenvalue weighted by molar-refractivity contribution is -0.135. The van der Waals surface area contributed by atoms with Gasteiger partial charge in [0.15, 0.2) is 5.69 Å². The Balaban J connectivity index is 1.46. The Labute approximate surface area is 205 Å². The van der Waals surface area contributed by atoms with E-state index < -0.39 is 0 Å². The van der Waals surface area contributed by atoms with Crippen LogP contribution in [0.25, 0.3) is 0 Å². The van der Waals surface area contributed by atoms with E-state index in [1.807, 2.05) is 17.0 Å². The number of ether oxygens (including phenoxy) is 1. The van der Waals surface area contributed by atoms with Gasteiger partial charge in [0.25, 0.3) is 5.91 Å². The number of halogens is 1. The Morgan fingerprint density at radius 2 is 1.85 bits per heavy atom. The fraction of sp³-hybridized carbons (Fsp3) is 0.560. The molecule has 0 N–H and O–H groups in total. The fourth-order valence-corrected chi connectivity index (χ4v) is 4.71. The second kappa shape index (κ2) is 11.2. The van der Waals surface area contributed by atoms with E-state index >= 15 is 0 Å². The molecule has 0 saturated carbocycles. The molecule has 0 bridgehead atoms. The highest BCUT2D eigenvalue weighted by Crippen LogP contribution is 2.28. The van der Waals surface area contributed by atoms with Crippen molar-refractivity contribution in [2.45, 2.75) is 38.7 Å². The highest BCUT2D eigenvalue weighted by Gasteiger charge is 2.36. The van der Waals surface area contributed by atoms with Gasteiger partial charge in [-0.05, 0) is 37.7 Å². The predicted octanol–water partition coefficient (Wildman–Crippen LogP) is 3.35. The van der Waals surface area contributed by atoms with Gasteiger partial charge in [-0.3, -0.25) is 9.59 Å². The molecule has 2 amide bonds. The van der Waals surface area contributed by atoms with E-state index in [9.17, 15) is 9.59 Å². The SMILES string of the molecule is CCCc1cc(C(=O)N2CC[C@H](Oc3ccc(Cl)cc3)[C@@H](CC(=O)N3CCN(C)CC3)C2)no1. The number of carbonyl (C=O) groups excluding carboxylic acids is 2. The van der Waals surface area contributed by atoms with Crippen LogP contribution in [-0.4, -0.2) is 84.1 Å². The number of carbonyl (C=O) groups is 2. The van der Waals surface area contributed by atoms with Crippen molar-refractivity contribution in [3.8, 4) is 5.75 Å². The molecule has 2 aliphatic rings. The predicted molar refractivity (Wildman–Crippen MR) is 129 cm³/mol. The Morgan fingerprint density at radius 1 is 1.12 bits per heavy atom. The van der Waals surface area contributed by atoms with E-state index in [0.717, 1.165) is 39.0 Å². The second-order valence-electron chi connectivity index (χ2n) is 9.23. The number of hydrogen-bond acceptors (Lipinski definition) is 6. The highest BCUT2D eigenvalue weighted by atomic mass is 35.5. The first-order valence-corrected chi connectivity index (χ1v) is 12.4. The molecular formula is C25H33ClN4O4. The average molecular weight is 489 g/mol. The summed E-state index contributed by atoms with van der Waals surface area (Å²) in [7, 11) is 2.07. The van der Waals surface area contributed by atoms with Crippen LogP contribution in [0.2, 0.25) is 5.02 Å². The smallest absolute Gasteiger partial charge is 0.276 e. The lowest BCUT2D eigenvalue weighted by Gasteiger charge is -2.39. The average Bonchev–Trinajstić information content (AvgIpc) is 3.30. The molecule has 2 atom stereocenters. The lowest BCUT2D eigenvalue weighted by atomic mass is 9.90. The summed E-state index contributed by atoms with van der Waals surface area (Å²) < 4.78 is 11.6. The maximum absolute atomic E-state index is 13.1. The molecule has 2 saturated heterocycles. The number of likely N-dealkylation sites (N-methyl/N-ethyl adjacent to an activating group) is 1. The number of nitrogens with zero attached hydrogens (tertiary/aromatic N) is 4. The molecule has 9 heteroatoms. The summed E-state index contributed by atoms with van der Waals surface area (Å²) in [6, 6.07) is 8.98. The third-order valence-electron chi connectivity index (χ3n) is 6.62. The largest absolute Gasteiger partial charge is 0.490 e. The van der Waals surface area contributed by atoms with Crippen molar-refractivity contribution in [3.63, 3.8) is 0 Å². The number of rotatable bonds is 7. The number of aromatic nitrogens is 1. The van der Waals surface area contributed by atoms with Crippen LogP contribution in [0.15, 0.2) is 34.9 Å². The van der Waals surface area contributed by atoms with E-state index in [1.165, 1.54) is 0 Å². The maximum Gasteiger partial charge on any atom is 0.276 e.